The van der Waals surface area contributed by atoms with Gasteiger partial charge in [0.15, 0.2) is 15.5 Å². The summed E-state index contributed by atoms with van der Waals surface area (Å²) in [6.07, 6.45) is 1.78. The number of nitrogens with zero attached hydrogens (tertiary/aromatic N) is 3. The van der Waals surface area contributed by atoms with Crippen molar-refractivity contribution in [2.75, 3.05) is 5.75 Å². The molecule has 3 heterocycles. The van der Waals surface area contributed by atoms with E-state index in [1.54, 1.807) is 24.6 Å². The number of sulfone groups is 1. The summed E-state index contributed by atoms with van der Waals surface area (Å²) in [7, 11) is -1.40. The number of fused-ring (bicyclic) bond motifs is 1. The summed E-state index contributed by atoms with van der Waals surface area (Å²) in [6, 6.07) is 3.76. The molecule has 5 nitrogen and oxygen atoms in total. The Morgan fingerprint density at radius 2 is 2.14 bits per heavy atom. The number of hydrogen-bond acceptors (Lipinski definition) is 5. The number of aryl methyl sites for hydroxylation is 2. The third-order valence-electron chi connectivity index (χ3n) is 3.38. The number of hydrogen-bond donors (Lipinski definition) is 0. The Morgan fingerprint density at radius 1 is 1.38 bits per heavy atom. The average molecular weight is 321 g/mol. The van der Waals surface area contributed by atoms with Crippen molar-refractivity contribution in [3.63, 3.8) is 0 Å². The lowest BCUT2D eigenvalue weighted by atomic mass is 10.3. The summed E-state index contributed by atoms with van der Waals surface area (Å²) in [4.78, 5) is 8.94. The number of pyridine rings is 1. The molecule has 3 rings (SSSR count). The van der Waals surface area contributed by atoms with E-state index in [9.17, 15) is 8.42 Å². The van der Waals surface area contributed by atoms with Crippen molar-refractivity contribution in [1.29, 1.82) is 0 Å². The Kier molecular flexibility index (Phi) is 3.33. The van der Waals surface area contributed by atoms with Gasteiger partial charge in [-0.15, -0.1) is 11.3 Å². The number of imidazole rings is 1. The monoisotopic (exact) mass is 321 g/mol. The van der Waals surface area contributed by atoms with E-state index in [1.807, 2.05) is 24.6 Å². The number of aromatic nitrogens is 3. The SMILES string of the molecule is CCS(=O)(=O)c1sccc1-c1nc2cc(C)cnc2n1C. The molecule has 0 aliphatic heterocycles. The van der Waals surface area contributed by atoms with Crippen LogP contribution in [0.5, 0.6) is 0 Å². The topological polar surface area (TPSA) is 64.8 Å². The fraction of sp³-hybridized carbons (Fsp3) is 0.286. The molecule has 0 N–H and O–H groups in total. The average Bonchev–Trinajstić information content (AvgIpc) is 3.04. The van der Waals surface area contributed by atoms with E-state index in [-0.39, 0.29) is 5.75 Å². The molecule has 3 aromatic heterocycles. The molecule has 0 atom stereocenters. The minimum atomic E-state index is -3.25. The summed E-state index contributed by atoms with van der Waals surface area (Å²) >= 11 is 1.24. The Balaban J connectivity index is 2.27. The molecule has 0 fully saturated rings. The highest BCUT2D eigenvalue weighted by Crippen LogP contribution is 2.33. The molecule has 21 heavy (non-hydrogen) atoms. The van der Waals surface area contributed by atoms with Gasteiger partial charge in [0.25, 0.3) is 0 Å². The minimum absolute atomic E-state index is 0.0851. The molecule has 0 spiro atoms. The van der Waals surface area contributed by atoms with Crippen LogP contribution in [-0.4, -0.2) is 28.7 Å². The van der Waals surface area contributed by atoms with Crippen LogP contribution in [0.3, 0.4) is 0 Å². The van der Waals surface area contributed by atoms with Crippen LogP contribution in [0.4, 0.5) is 0 Å². The smallest absolute Gasteiger partial charge is 0.188 e. The molecular formula is C14H15N3O2S2. The van der Waals surface area contributed by atoms with Crippen LogP contribution in [0, 0.1) is 6.92 Å². The van der Waals surface area contributed by atoms with E-state index in [4.69, 9.17) is 0 Å². The molecule has 110 valence electrons. The van der Waals surface area contributed by atoms with Crippen molar-refractivity contribution in [1.82, 2.24) is 14.5 Å². The van der Waals surface area contributed by atoms with Crippen LogP contribution in [0.1, 0.15) is 12.5 Å². The minimum Gasteiger partial charge on any atom is -0.312 e. The van der Waals surface area contributed by atoms with Gasteiger partial charge in [-0.3, -0.25) is 0 Å². The first kappa shape index (κ1) is 14.2. The quantitative estimate of drug-likeness (QED) is 0.744. The Hall–Kier alpha value is -1.73. The summed E-state index contributed by atoms with van der Waals surface area (Å²) in [5, 5.41) is 1.79. The van der Waals surface area contributed by atoms with Crippen LogP contribution >= 0.6 is 11.3 Å². The first-order chi connectivity index (χ1) is 9.94. The highest BCUT2D eigenvalue weighted by molar-refractivity contribution is 7.93. The predicted octanol–water partition coefficient (Wildman–Crippen LogP) is 2.80. The molecule has 3 aromatic rings. The van der Waals surface area contributed by atoms with Crippen LogP contribution in [-0.2, 0) is 16.9 Å². The van der Waals surface area contributed by atoms with Gasteiger partial charge >= 0.3 is 0 Å². The lowest BCUT2D eigenvalue weighted by Gasteiger charge is -2.04. The van der Waals surface area contributed by atoms with E-state index in [0.717, 1.165) is 16.7 Å². The first-order valence-corrected chi connectivity index (χ1v) is 9.07. The maximum Gasteiger partial charge on any atom is 0.188 e. The first-order valence-electron chi connectivity index (χ1n) is 6.53. The van der Waals surface area contributed by atoms with Crippen molar-refractivity contribution in [3.05, 3.63) is 29.3 Å². The van der Waals surface area contributed by atoms with E-state index in [0.29, 0.717) is 15.6 Å². The lowest BCUT2D eigenvalue weighted by molar-refractivity contribution is 0.599. The van der Waals surface area contributed by atoms with Gasteiger partial charge in [-0.25, -0.2) is 18.4 Å². The molecule has 0 saturated heterocycles. The highest BCUT2D eigenvalue weighted by atomic mass is 32.2. The molecule has 7 heteroatoms. The van der Waals surface area contributed by atoms with Gasteiger partial charge in [-0.1, -0.05) is 6.92 Å². The number of thiophene rings is 1. The van der Waals surface area contributed by atoms with Gasteiger partial charge in [0.05, 0.1) is 5.75 Å². The molecule has 0 bridgehead atoms. The van der Waals surface area contributed by atoms with Crippen molar-refractivity contribution < 1.29 is 8.42 Å². The predicted molar refractivity (Wildman–Crippen MR) is 84.3 cm³/mol. The molecule has 0 aliphatic carbocycles. The third kappa shape index (κ3) is 2.26. The van der Waals surface area contributed by atoms with Crippen LogP contribution < -0.4 is 0 Å². The van der Waals surface area contributed by atoms with Crippen molar-refractivity contribution in [3.8, 4) is 11.4 Å². The van der Waals surface area contributed by atoms with Crippen molar-refractivity contribution in [2.45, 2.75) is 18.1 Å². The zero-order valence-corrected chi connectivity index (χ0v) is 13.6. The Bertz CT molecular complexity index is 923. The summed E-state index contributed by atoms with van der Waals surface area (Å²) in [5.74, 6) is 0.721. The van der Waals surface area contributed by atoms with Gasteiger partial charge in [0, 0.05) is 18.8 Å². The van der Waals surface area contributed by atoms with E-state index >= 15 is 0 Å². The fourth-order valence-corrected chi connectivity index (χ4v) is 4.73. The van der Waals surface area contributed by atoms with Gasteiger partial charge in [0.1, 0.15) is 15.6 Å². The molecule has 0 saturated carbocycles. The van der Waals surface area contributed by atoms with E-state index in [2.05, 4.69) is 9.97 Å². The maximum atomic E-state index is 12.2. The van der Waals surface area contributed by atoms with Crippen molar-refractivity contribution >= 4 is 32.3 Å². The largest absolute Gasteiger partial charge is 0.312 e. The molecule has 0 aromatic carbocycles. The Morgan fingerprint density at radius 3 is 2.86 bits per heavy atom. The van der Waals surface area contributed by atoms with Gasteiger partial charge in [-0.2, -0.15) is 0 Å². The van der Waals surface area contributed by atoms with Crippen LogP contribution in [0.2, 0.25) is 0 Å². The summed E-state index contributed by atoms with van der Waals surface area (Å²) in [6.45, 7) is 3.61. The van der Waals surface area contributed by atoms with Gasteiger partial charge in [-0.05, 0) is 30.0 Å². The second kappa shape index (κ2) is 4.92. The fourth-order valence-electron chi connectivity index (χ4n) is 2.25. The molecule has 0 unspecified atom stereocenters. The van der Waals surface area contributed by atoms with Gasteiger partial charge < -0.3 is 4.57 Å². The molecule has 0 amide bonds. The van der Waals surface area contributed by atoms with Crippen LogP contribution in [0.15, 0.2) is 27.9 Å². The normalized spacial score (nSPS) is 12.1. The summed E-state index contributed by atoms with van der Waals surface area (Å²) < 4.78 is 26.6. The summed E-state index contributed by atoms with van der Waals surface area (Å²) in [5.41, 5.74) is 3.21. The lowest BCUT2D eigenvalue weighted by Crippen LogP contribution is -2.04. The highest BCUT2D eigenvalue weighted by Gasteiger charge is 2.22. The number of rotatable bonds is 3. The second-order valence-corrected chi connectivity index (χ2v) is 8.26. The molecular weight excluding hydrogens is 306 g/mol. The zero-order chi connectivity index (χ0) is 15.2. The van der Waals surface area contributed by atoms with Crippen molar-refractivity contribution in [2.24, 2.45) is 7.05 Å². The maximum absolute atomic E-state index is 12.2. The molecule has 0 aliphatic rings. The van der Waals surface area contributed by atoms with E-state index in [1.165, 1.54) is 11.3 Å². The van der Waals surface area contributed by atoms with Gasteiger partial charge in [0.2, 0.25) is 0 Å². The third-order valence-corrected chi connectivity index (χ3v) is 6.68. The second-order valence-electron chi connectivity index (χ2n) is 4.87. The standard InChI is InChI=1S/C14H15N3O2S2/c1-4-21(18,19)14-10(5-6-20-14)12-16-11-7-9(2)8-15-13(11)17(12)3/h5-8H,4H2,1-3H3. The van der Waals surface area contributed by atoms with Crippen LogP contribution in [0.25, 0.3) is 22.6 Å². The van der Waals surface area contributed by atoms with E-state index < -0.39 is 9.84 Å². The molecule has 0 radical (unpaired) electrons. The zero-order valence-electron chi connectivity index (χ0n) is 12.0. The Labute approximate surface area is 127 Å².